The number of rotatable bonds is 7. The van der Waals surface area contributed by atoms with E-state index in [0.29, 0.717) is 11.3 Å². The Balaban J connectivity index is 1.76. The Kier molecular flexibility index (Phi) is 6.16. The average molecular weight is 379 g/mol. The highest BCUT2D eigenvalue weighted by Crippen LogP contribution is 2.21. The number of benzene rings is 1. The summed E-state index contributed by atoms with van der Waals surface area (Å²) in [7, 11) is 0. The van der Waals surface area contributed by atoms with Crippen LogP contribution in [0.5, 0.6) is 0 Å². The second kappa shape index (κ2) is 8.94. The van der Waals surface area contributed by atoms with Crippen molar-refractivity contribution in [2.45, 2.75) is 32.4 Å². The summed E-state index contributed by atoms with van der Waals surface area (Å²) in [5.74, 6) is -0.390. The molecule has 0 aliphatic rings. The predicted octanol–water partition coefficient (Wildman–Crippen LogP) is 3.55. The fourth-order valence-corrected chi connectivity index (χ4v) is 2.67. The summed E-state index contributed by atoms with van der Waals surface area (Å²) < 4.78 is 10.5. The number of carbonyl (C=O) groups excluding carboxylic acids is 2. The average Bonchev–Trinajstić information content (AvgIpc) is 3.18. The quantitative estimate of drug-likeness (QED) is 0.631. The molecular formula is C21H21N3O4. The van der Waals surface area contributed by atoms with Crippen LogP contribution in [0.4, 0.5) is 0 Å². The summed E-state index contributed by atoms with van der Waals surface area (Å²) >= 11 is 0. The zero-order chi connectivity index (χ0) is 19.9. The van der Waals surface area contributed by atoms with Crippen LogP contribution < -0.4 is 5.32 Å². The molecule has 3 aromatic rings. The third-order valence-corrected chi connectivity index (χ3v) is 3.93. The molecule has 0 fully saturated rings. The van der Waals surface area contributed by atoms with Gasteiger partial charge in [-0.1, -0.05) is 35.5 Å². The maximum Gasteiger partial charge on any atom is 0.308 e. The first-order valence-corrected chi connectivity index (χ1v) is 8.95. The van der Waals surface area contributed by atoms with Crippen LogP contribution in [0.25, 0.3) is 11.3 Å². The van der Waals surface area contributed by atoms with Gasteiger partial charge < -0.3 is 14.6 Å². The van der Waals surface area contributed by atoms with E-state index in [9.17, 15) is 9.59 Å². The SMILES string of the molecule is CC(C)OC(=O)CC(NC(=O)c1cc(-c2cccnc2)on1)c1ccccc1. The molecule has 1 N–H and O–H groups in total. The first kappa shape index (κ1) is 19.3. The monoisotopic (exact) mass is 379 g/mol. The van der Waals surface area contributed by atoms with E-state index in [4.69, 9.17) is 9.26 Å². The van der Waals surface area contributed by atoms with E-state index in [-0.39, 0.29) is 24.2 Å². The first-order chi connectivity index (χ1) is 13.5. The molecule has 1 unspecified atom stereocenters. The van der Waals surface area contributed by atoms with Gasteiger partial charge in [-0.15, -0.1) is 0 Å². The maximum absolute atomic E-state index is 12.7. The number of esters is 1. The standard InChI is InChI=1S/C21H21N3O4/c1-14(2)27-20(25)12-17(15-7-4-3-5-8-15)23-21(26)18-11-19(28-24-18)16-9-6-10-22-13-16/h3-11,13-14,17H,12H2,1-2H3,(H,23,26). The second-order valence-electron chi connectivity index (χ2n) is 6.50. The highest BCUT2D eigenvalue weighted by Gasteiger charge is 2.22. The highest BCUT2D eigenvalue weighted by atomic mass is 16.5. The molecule has 0 radical (unpaired) electrons. The van der Waals surface area contributed by atoms with Crippen molar-refractivity contribution in [3.05, 3.63) is 72.2 Å². The Morgan fingerprint density at radius 1 is 1.14 bits per heavy atom. The second-order valence-corrected chi connectivity index (χ2v) is 6.50. The van der Waals surface area contributed by atoms with Gasteiger partial charge in [-0.05, 0) is 31.5 Å². The molecule has 1 aromatic carbocycles. The van der Waals surface area contributed by atoms with E-state index < -0.39 is 11.9 Å². The highest BCUT2D eigenvalue weighted by molar-refractivity contribution is 5.93. The van der Waals surface area contributed by atoms with Crippen molar-refractivity contribution < 1.29 is 18.8 Å². The third-order valence-electron chi connectivity index (χ3n) is 3.93. The van der Waals surface area contributed by atoms with Crippen LogP contribution in [0.1, 0.15) is 42.4 Å². The Morgan fingerprint density at radius 3 is 2.61 bits per heavy atom. The summed E-state index contributed by atoms with van der Waals surface area (Å²) in [6.07, 6.45) is 3.06. The molecule has 1 atom stereocenters. The number of hydrogen-bond donors (Lipinski definition) is 1. The van der Waals surface area contributed by atoms with Crippen molar-refractivity contribution in [2.75, 3.05) is 0 Å². The zero-order valence-electron chi connectivity index (χ0n) is 15.7. The normalized spacial score (nSPS) is 11.8. The first-order valence-electron chi connectivity index (χ1n) is 8.95. The lowest BCUT2D eigenvalue weighted by Crippen LogP contribution is -2.31. The molecule has 0 aliphatic carbocycles. The molecule has 0 bridgehead atoms. The molecule has 2 heterocycles. The van der Waals surface area contributed by atoms with E-state index in [0.717, 1.165) is 5.56 Å². The van der Waals surface area contributed by atoms with Gasteiger partial charge in [-0.25, -0.2) is 0 Å². The fourth-order valence-electron chi connectivity index (χ4n) is 2.67. The minimum atomic E-state index is -0.543. The van der Waals surface area contributed by atoms with Gasteiger partial charge in [-0.3, -0.25) is 14.6 Å². The van der Waals surface area contributed by atoms with Gasteiger partial charge in [0, 0.05) is 24.0 Å². The summed E-state index contributed by atoms with van der Waals surface area (Å²) in [5.41, 5.74) is 1.64. The number of nitrogens with zero attached hydrogens (tertiary/aromatic N) is 2. The molecule has 0 saturated heterocycles. The lowest BCUT2D eigenvalue weighted by atomic mass is 10.0. The fraction of sp³-hybridized carbons (Fsp3) is 0.238. The van der Waals surface area contributed by atoms with E-state index in [1.54, 1.807) is 38.4 Å². The maximum atomic E-state index is 12.7. The summed E-state index contributed by atoms with van der Waals surface area (Å²) in [4.78, 5) is 28.8. The summed E-state index contributed by atoms with van der Waals surface area (Å²) in [6, 6.07) is 13.8. The van der Waals surface area contributed by atoms with Crippen LogP contribution >= 0.6 is 0 Å². The number of nitrogens with one attached hydrogen (secondary N) is 1. The minimum absolute atomic E-state index is 0.0151. The molecule has 7 nitrogen and oxygen atoms in total. The number of amides is 1. The van der Waals surface area contributed by atoms with Gasteiger partial charge in [0.25, 0.3) is 5.91 Å². The predicted molar refractivity (Wildman–Crippen MR) is 102 cm³/mol. The largest absolute Gasteiger partial charge is 0.463 e. The van der Waals surface area contributed by atoms with Crippen molar-refractivity contribution in [1.82, 2.24) is 15.5 Å². The molecule has 7 heteroatoms. The summed E-state index contributed by atoms with van der Waals surface area (Å²) in [6.45, 7) is 3.56. The van der Waals surface area contributed by atoms with Crippen molar-refractivity contribution >= 4 is 11.9 Å². The third kappa shape index (κ3) is 5.03. The molecule has 28 heavy (non-hydrogen) atoms. The number of ether oxygens (including phenoxy) is 1. The van der Waals surface area contributed by atoms with Crippen LogP contribution in [-0.4, -0.2) is 28.1 Å². The van der Waals surface area contributed by atoms with Crippen molar-refractivity contribution in [3.63, 3.8) is 0 Å². The van der Waals surface area contributed by atoms with Gasteiger partial charge in [0.2, 0.25) is 0 Å². The Hall–Kier alpha value is -3.48. The van der Waals surface area contributed by atoms with Crippen molar-refractivity contribution in [3.8, 4) is 11.3 Å². The Bertz CT molecular complexity index is 923. The van der Waals surface area contributed by atoms with Crippen molar-refractivity contribution in [1.29, 1.82) is 0 Å². The molecule has 0 saturated carbocycles. The van der Waals surface area contributed by atoms with Crippen LogP contribution in [-0.2, 0) is 9.53 Å². The molecule has 1 amide bonds. The zero-order valence-corrected chi connectivity index (χ0v) is 15.7. The number of carbonyl (C=O) groups is 2. The molecule has 0 aliphatic heterocycles. The summed E-state index contributed by atoms with van der Waals surface area (Å²) in [5, 5.41) is 6.68. The van der Waals surface area contributed by atoms with Gasteiger partial charge in [0.15, 0.2) is 11.5 Å². The van der Waals surface area contributed by atoms with Crippen LogP contribution in [0.3, 0.4) is 0 Å². The van der Waals surface area contributed by atoms with Crippen LogP contribution in [0, 0.1) is 0 Å². The lowest BCUT2D eigenvalue weighted by Gasteiger charge is -2.18. The van der Waals surface area contributed by atoms with Crippen LogP contribution in [0.15, 0.2) is 65.4 Å². The van der Waals surface area contributed by atoms with Gasteiger partial charge in [0.05, 0.1) is 18.6 Å². The molecule has 3 rings (SSSR count). The lowest BCUT2D eigenvalue weighted by molar-refractivity contribution is -0.147. The molecule has 2 aromatic heterocycles. The Labute approximate surface area is 162 Å². The Morgan fingerprint density at radius 2 is 1.93 bits per heavy atom. The minimum Gasteiger partial charge on any atom is -0.463 e. The topological polar surface area (TPSA) is 94.3 Å². The van der Waals surface area contributed by atoms with Crippen LogP contribution in [0.2, 0.25) is 0 Å². The van der Waals surface area contributed by atoms with E-state index >= 15 is 0 Å². The number of pyridine rings is 1. The van der Waals surface area contributed by atoms with Gasteiger partial charge in [0.1, 0.15) is 0 Å². The van der Waals surface area contributed by atoms with Gasteiger partial charge in [-0.2, -0.15) is 0 Å². The van der Waals surface area contributed by atoms with Gasteiger partial charge >= 0.3 is 5.97 Å². The smallest absolute Gasteiger partial charge is 0.308 e. The molecular weight excluding hydrogens is 358 g/mol. The molecule has 144 valence electrons. The van der Waals surface area contributed by atoms with Crippen molar-refractivity contribution in [2.24, 2.45) is 0 Å². The molecule has 0 spiro atoms. The number of aromatic nitrogens is 2. The van der Waals surface area contributed by atoms with E-state index in [1.807, 2.05) is 36.4 Å². The number of hydrogen-bond acceptors (Lipinski definition) is 6. The van der Waals surface area contributed by atoms with E-state index in [1.165, 1.54) is 0 Å². The van der Waals surface area contributed by atoms with E-state index in [2.05, 4.69) is 15.5 Å².